The molecule has 0 radical (unpaired) electrons. The van der Waals surface area contributed by atoms with Crippen molar-refractivity contribution in [3.05, 3.63) is 65.2 Å². The summed E-state index contributed by atoms with van der Waals surface area (Å²) in [7, 11) is 6.92. The highest BCUT2D eigenvalue weighted by atomic mass is 16.5. The molecule has 1 heterocycles. The number of amides is 1. The largest absolute Gasteiger partial charge is 0.507 e. The number of carbonyl (C=O) groups excluding carboxylic acids is 2. The van der Waals surface area contributed by atoms with Crippen LogP contribution < -0.4 is 9.64 Å². The Kier molecular flexibility index (Phi) is 6.42. The van der Waals surface area contributed by atoms with Gasteiger partial charge in [-0.05, 0) is 29.8 Å². The van der Waals surface area contributed by atoms with Crippen molar-refractivity contribution in [3.8, 4) is 5.75 Å². The maximum absolute atomic E-state index is 12.9. The lowest BCUT2D eigenvalue weighted by molar-refractivity contribution is -0.140. The van der Waals surface area contributed by atoms with Crippen molar-refractivity contribution in [1.82, 2.24) is 4.90 Å². The van der Waals surface area contributed by atoms with Gasteiger partial charge in [-0.15, -0.1) is 0 Å². The smallest absolute Gasteiger partial charge is 0.295 e. The van der Waals surface area contributed by atoms with E-state index in [9.17, 15) is 14.7 Å². The molecule has 0 spiro atoms. The average Bonchev–Trinajstić information content (AvgIpc) is 3.01. The van der Waals surface area contributed by atoms with Crippen LogP contribution in [-0.4, -0.2) is 63.2 Å². The monoisotopic (exact) mass is 410 g/mol. The van der Waals surface area contributed by atoms with E-state index in [1.165, 1.54) is 19.1 Å². The van der Waals surface area contributed by atoms with Crippen LogP contribution in [0.4, 0.5) is 5.69 Å². The first-order valence-corrected chi connectivity index (χ1v) is 9.58. The molecule has 0 saturated carbocycles. The first-order valence-electron chi connectivity index (χ1n) is 9.58. The van der Waals surface area contributed by atoms with E-state index in [-0.39, 0.29) is 24.5 Å². The predicted octanol–water partition coefficient (Wildman–Crippen LogP) is 2.83. The van der Waals surface area contributed by atoms with Gasteiger partial charge in [-0.3, -0.25) is 9.59 Å². The van der Waals surface area contributed by atoms with E-state index in [2.05, 4.69) is 0 Å². The molecule has 0 bridgehead atoms. The number of likely N-dealkylation sites (tertiary alicyclic amines) is 1. The van der Waals surface area contributed by atoms with Gasteiger partial charge in [0.1, 0.15) is 11.5 Å². The van der Waals surface area contributed by atoms with Gasteiger partial charge in [-0.1, -0.05) is 24.3 Å². The van der Waals surface area contributed by atoms with Gasteiger partial charge in [-0.2, -0.15) is 0 Å². The second kappa shape index (κ2) is 9.00. The van der Waals surface area contributed by atoms with E-state index in [0.29, 0.717) is 11.3 Å². The van der Waals surface area contributed by atoms with Crippen molar-refractivity contribution in [2.45, 2.75) is 6.04 Å². The maximum atomic E-state index is 12.9. The number of ether oxygens (including phenoxy) is 2. The second-order valence-corrected chi connectivity index (χ2v) is 7.20. The SMILES string of the molecule is COCCN1C(=O)C(=O)/C(=C(/O)c2cccc(OC)c2)C1c1ccc(N(C)C)cc1. The van der Waals surface area contributed by atoms with Gasteiger partial charge in [0.15, 0.2) is 0 Å². The molecule has 7 heteroatoms. The van der Waals surface area contributed by atoms with Crippen LogP contribution in [0.1, 0.15) is 17.2 Å². The van der Waals surface area contributed by atoms with Gasteiger partial charge in [0.25, 0.3) is 11.7 Å². The fourth-order valence-corrected chi connectivity index (χ4v) is 3.53. The fourth-order valence-electron chi connectivity index (χ4n) is 3.53. The third kappa shape index (κ3) is 4.02. The van der Waals surface area contributed by atoms with Crippen molar-refractivity contribution in [3.63, 3.8) is 0 Å². The number of methoxy groups -OCH3 is 2. The number of aliphatic hydroxyl groups excluding tert-OH is 1. The summed E-state index contributed by atoms with van der Waals surface area (Å²) in [6, 6.07) is 13.6. The lowest BCUT2D eigenvalue weighted by atomic mass is 9.95. The Bertz CT molecular complexity index is 966. The zero-order valence-electron chi connectivity index (χ0n) is 17.6. The lowest BCUT2D eigenvalue weighted by Gasteiger charge is -2.25. The van der Waals surface area contributed by atoms with E-state index in [1.54, 1.807) is 24.3 Å². The summed E-state index contributed by atoms with van der Waals surface area (Å²) in [4.78, 5) is 29.1. The molecule has 1 amide bonds. The highest BCUT2D eigenvalue weighted by Gasteiger charge is 2.45. The maximum Gasteiger partial charge on any atom is 0.295 e. The molecule has 1 fully saturated rings. The highest BCUT2D eigenvalue weighted by molar-refractivity contribution is 6.46. The molecule has 158 valence electrons. The minimum atomic E-state index is -0.715. The van der Waals surface area contributed by atoms with Crippen LogP contribution in [0.5, 0.6) is 5.75 Å². The van der Waals surface area contributed by atoms with E-state index in [4.69, 9.17) is 9.47 Å². The Morgan fingerprint density at radius 2 is 1.80 bits per heavy atom. The number of anilines is 1. The number of ketones is 1. The highest BCUT2D eigenvalue weighted by Crippen LogP contribution is 2.40. The topological polar surface area (TPSA) is 79.3 Å². The Labute approximate surface area is 176 Å². The molecule has 3 rings (SSSR count). The molecule has 7 nitrogen and oxygen atoms in total. The summed E-state index contributed by atoms with van der Waals surface area (Å²) in [6.45, 7) is 0.508. The third-order valence-corrected chi connectivity index (χ3v) is 5.14. The summed E-state index contributed by atoms with van der Waals surface area (Å²) in [5, 5.41) is 11.0. The van der Waals surface area contributed by atoms with Crippen LogP contribution in [0.25, 0.3) is 5.76 Å². The van der Waals surface area contributed by atoms with E-state index in [0.717, 1.165) is 11.3 Å². The Morgan fingerprint density at radius 1 is 1.10 bits per heavy atom. The van der Waals surface area contributed by atoms with Crippen molar-refractivity contribution in [2.75, 3.05) is 46.4 Å². The van der Waals surface area contributed by atoms with E-state index in [1.807, 2.05) is 43.3 Å². The standard InChI is InChI=1S/C23H26N2O5/c1-24(2)17-10-8-15(9-11-17)20-19(22(27)23(28)25(20)12-13-29-3)21(26)16-6-5-7-18(14-16)30-4/h5-11,14,20,26H,12-13H2,1-4H3/b21-19+. The molecule has 1 N–H and O–H groups in total. The number of benzene rings is 2. The molecule has 1 unspecified atom stereocenters. The predicted molar refractivity (Wildman–Crippen MR) is 115 cm³/mol. The molecule has 1 atom stereocenters. The lowest BCUT2D eigenvalue weighted by Crippen LogP contribution is -2.32. The van der Waals surface area contributed by atoms with Gasteiger partial charge >= 0.3 is 0 Å². The van der Waals surface area contributed by atoms with Crippen molar-refractivity contribution in [2.24, 2.45) is 0 Å². The normalized spacial score (nSPS) is 18.0. The number of hydrogen-bond donors (Lipinski definition) is 1. The Balaban J connectivity index is 2.14. The number of rotatable bonds is 7. The minimum absolute atomic E-state index is 0.0574. The van der Waals surface area contributed by atoms with Crippen LogP contribution in [0.15, 0.2) is 54.1 Å². The summed E-state index contributed by atoms with van der Waals surface area (Å²) in [5.41, 5.74) is 2.19. The molecular formula is C23H26N2O5. The number of aliphatic hydroxyl groups is 1. The number of hydrogen-bond acceptors (Lipinski definition) is 6. The fraction of sp³-hybridized carbons (Fsp3) is 0.304. The quantitative estimate of drug-likeness (QED) is 0.430. The van der Waals surface area contributed by atoms with E-state index >= 15 is 0 Å². The summed E-state index contributed by atoms with van der Waals surface area (Å²) < 4.78 is 10.3. The second-order valence-electron chi connectivity index (χ2n) is 7.20. The molecule has 30 heavy (non-hydrogen) atoms. The minimum Gasteiger partial charge on any atom is -0.507 e. The van der Waals surface area contributed by atoms with Gasteiger partial charge in [-0.25, -0.2) is 0 Å². The van der Waals surface area contributed by atoms with Crippen LogP contribution >= 0.6 is 0 Å². The third-order valence-electron chi connectivity index (χ3n) is 5.14. The number of carbonyl (C=O) groups is 2. The molecular weight excluding hydrogens is 384 g/mol. The summed E-state index contributed by atoms with van der Waals surface area (Å²) in [5.74, 6) is -1.06. The average molecular weight is 410 g/mol. The molecule has 0 aliphatic carbocycles. The summed E-state index contributed by atoms with van der Waals surface area (Å²) in [6.07, 6.45) is 0. The molecule has 2 aromatic carbocycles. The molecule has 0 aromatic heterocycles. The molecule has 1 saturated heterocycles. The Hall–Kier alpha value is -3.32. The first-order chi connectivity index (χ1) is 14.4. The molecule has 1 aliphatic rings. The Morgan fingerprint density at radius 3 is 2.40 bits per heavy atom. The molecule has 2 aromatic rings. The first kappa shape index (κ1) is 21.4. The van der Waals surface area contributed by atoms with E-state index < -0.39 is 17.7 Å². The number of nitrogens with zero attached hydrogens (tertiary/aromatic N) is 2. The van der Waals surface area contributed by atoms with Crippen LogP contribution in [0.2, 0.25) is 0 Å². The zero-order chi connectivity index (χ0) is 21.8. The van der Waals surface area contributed by atoms with Crippen molar-refractivity contribution >= 4 is 23.1 Å². The van der Waals surface area contributed by atoms with Gasteiger partial charge in [0.05, 0.1) is 25.3 Å². The van der Waals surface area contributed by atoms with Crippen molar-refractivity contribution in [1.29, 1.82) is 0 Å². The van der Waals surface area contributed by atoms with Crippen LogP contribution in [0, 0.1) is 0 Å². The summed E-state index contributed by atoms with van der Waals surface area (Å²) >= 11 is 0. The van der Waals surface area contributed by atoms with Gasteiger partial charge in [0.2, 0.25) is 0 Å². The van der Waals surface area contributed by atoms with Crippen molar-refractivity contribution < 1.29 is 24.2 Å². The number of Topliss-reactive ketones (excluding diaryl/α,β-unsaturated/α-hetero) is 1. The molecule has 1 aliphatic heterocycles. The van der Waals surface area contributed by atoms with Crippen LogP contribution in [-0.2, 0) is 14.3 Å². The van der Waals surface area contributed by atoms with Crippen LogP contribution in [0.3, 0.4) is 0 Å². The van der Waals surface area contributed by atoms with Gasteiger partial charge in [0, 0.05) is 39.0 Å². The zero-order valence-corrected chi connectivity index (χ0v) is 17.6. The van der Waals surface area contributed by atoms with Gasteiger partial charge < -0.3 is 24.4 Å².